The number of ketones is 2. The van der Waals surface area contributed by atoms with E-state index in [1.165, 1.54) is 6.92 Å². The summed E-state index contributed by atoms with van der Waals surface area (Å²) in [7, 11) is 0. The number of ether oxygens (including phenoxy) is 3. The van der Waals surface area contributed by atoms with Gasteiger partial charge in [0.05, 0.1) is 41.2 Å². The van der Waals surface area contributed by atoms with Gasteiger partial charge in [-0.1, -0.05) is 34.1 Å². The molecule has 4 rings (SSSR count). The lowest BCUT2D eigenvalue weighted by atomic mass is 9.51. The Labute approximate surface area is 235 Å². The fraction of sp³-hybridized carbons (Fsp3) is 0.767. The molecule has 0 aromatic carbocycles. The minimum absolute atomic E-state index is 0.106. The van der Waals surface area contributed by atoms with Crippen molar-refractivity contribution >= 4 is 17.5 Å². The third kappa shape index (κ3) is 4.61. The van der Waals surface area contributed by atoms with Crippen molar-refractivity contribution in [1.29, 1.82) is 0 Å². The van der Waals surface area contributed by atoms with Crippen molar-refractivity contribution in [2.24, 2.45) is 23.2 Å². The standard InChI is InChI=1S/C30H44O10/c1-9-13(2)25(38-15(4)31)14(3)19-21(33)22(34)20-24(36)27-29(7,40-26(20)23(19)35)11-10-17-30(27,8)16(32)12-18(39-17)28(5,6)37/h13-14,16-18,24-25,27,32-33,36-37H,9-12H2,1-8H3. The number of hydrogen-bond donors (Lipinski definition) is 4. The molecule has 224 valence electrons. The van der Waals surface area contributed by atoms with E-state index in [0.29, 0.717) is 19.3 Å². The summed E-state index contributed by atoms with van der Waals surface area (Å²) in [6.07, 6.45) is -3.00. The van der Waals surface area contributed by atoms with E-state index in [0.717, 1.165) is 0 Å². The topological polar surface area (TPSA) is 160 Å². The summed E-state index contributed by atoms with van der Waals surface area (Å²) in [5.74, 6) is -5.17. The van der Waals surface area contributed by atoms with Crippen molar-refractivity contribution in [1.82, 2.24) is 0 Å². The predicted octanol–water partition coefficient (Wildman–Crippen LogP) is 2.67. The molecule has 0 aromatic heterocycles. The Kier molecular flexibility index (Phi) is 7.84. The minimum Gasteiger partial charge on any atom is -0.504 e. The molecule has 0 spiro atoms. The van der Waals surface area contributed by atoms with E-state index in [-0.39, 0.29) is 29.2 Å². The van der Waals surface area contributed by atoms with Gasteiger partial charge in [0.2, 0.25) is 11.6 Å². The van der Waals surface area contributed by atoms with Crippen LogP contribution in [-0.4, -0.2) is 79.7 Å². The van der Waals surface area contributed by atoms with Gasteiger partial charge in [-0.25, -0.2) is 0 Å². The molecule has 10 unspecified atom stereocenters. The number of carbonyl (C=O) groups is 3. The number of aliphatic hydroxyl groups is 4. The third-order valence-electron chi connectivity index (χ3n) is 10.0. The molecule has 40 heavy (non-hydrogen) atoms. The number of rotatable bonds is 6. The molecule has 10 heteroatoms. The first-order valence-electron chi connectivity index (χ1n) is 14.3. The largest absolute Gasteiger partial charge is 0.504 e. The molecular weight excluding hydrogens is 520 g/mol. The van der Waals surface area contributed by atoms with Gasteiger partial charge in [0.25, 0.3) is 0 Å². The van der Waals surface area contributed by atoms with Crippen LogP contribution in [0.4, 0.5) is 0 Å². The monoisotopic (exact) mass is 564 g/mol. The maximum absolute atomic E-state index is 13.9. The molecule has 10 atom stereocenters. The first-order chi connectivity index (χ1) is 18.4. The number of fused-ring (bicyclic) bond motifs is 3. The summed E-state index contributed by atoms with van der Waals surface area (Å²) >= 11 is 0. The van der Waals surface area contributed by atoms with Crippen molar-refractivity contribution in [3.05, 3.63) is 22.7 Å². The van der Waals surface area contributed by atoms with Crippen LogP contribution in [0, 0.1) is 23.2 Å². The fourth-order valence-electron chi connectivity index (χ4n) is 7.53. The second-order valence-electron chi connectivity index (χ2n) is 13.2. The third-order valence-corrected chi connectivity index (χ3v) is 10.0. The summed E-state index contributed by atoms with van der Waals surface area (Å²) in [5, 5.41) is 44.8. The van der Waals surface area contributed by atoms with E-state index in [4.69, 9.17) is 14.2 Å². The molecule has 0 amide bonds. The smallest absolute Gasteiger partial charge is 0.302 e. The quantitative estimate of drug-likeness (QED) is 0.279. The van der Waals surface area contributed by atoms with E-state index in [1.807, 2.05) is 13.8 Å². The predicted molar refractivity (Wildman–Crippen MR) is 143 cm³/mol. The van der Waals surface area contributed by atoms with Gasteiger partial charge in [-0.2, -0.15) is 0 Å². The highest BCUT2D eigenvalue weighted by Crippen LogP contribution is 2.60. The molecule has 1 saturated carbocycles. The number of carbonyl (C=O) groups excluding carboxylic acids is 3. The molecule has 2 heterocycles. The molecule has 2 aliphatic carbocycles. The maximum atomic E-state index is 13.9. The molecule has 2 aliphatic heterocycles. The van der Waals surface area contributed by atoms with E-state index < -0.39 is 82.3 Å². The van der Waals surface area contributed by atoms with Gasteiger partial charge in [-0.05, 0) is 39.5 Å². The Morgan fingerprint density at radius 1 is 1.18 bits per heavy atom. The normalized spacial score (nSPS) is 38.5. The van der Waals surface area contributed by atoms with Crippen LogP contribution in [0.5, 0.6) is 0 Å². The van der Waals surface area contributed by atoms with Gasteiger partial charge in [0, 0.05) is 30.6 Å². The minimum atomic E-state index is -1.53. The molecule has 10 nitrogen and oxygen atoms in total. The number of esters is 1. The zero-order chi connectivity index (χ0) is 30.1. The van der Waals surface area contributed by atoms with Crippen molar-refractivity contribution in [2.75, 3.05) is 0 Å². The highest BCUT2D eigenvalue weighted by atomic mass is 16.5. The van der Waals surface area contributed by atoms with E-state index >= 15 is 0 Å². The van der Waals surface area contributed by atoms with Crippen molar-refractivity contribution in [3.63, 3.8) is 0 Å². The van der Waals surface area contributed by atoms with Crippen LogP contribution in [-0.2, 0) is 28.6 Å². The van der Waals surface area contributed by atoms with Crippen LogP contribution in [0.2, 0.25) is 0 Å². The summed E-state index contributed by atoms with van der Waals surface area (Å²) in [6.45, 7) is 13.4. The average Bonchev–Trinajstić information content (AvgIpc) is 2.85. The summed E-state index contributed by atoms with van der Waals surface area (Å²) in [4.78, 5) is 39.4. The van der Waals surface area contributed by atoms with Crippen LogP contribution < -0.4 is 0 Å². The lowest BCUT2D eigenvalue weighted by Gasteiger charge is -2.63. The van der Waals surface area contributed by atoms with Gasteiger partial charge in [0.1, 0.15) is 11.7 Å². The number of aliphatic hydroxyl groups excluding tert-OH is 3. The molecule has 0 aromatic rings. The summed E-state index contributed by atoms with van der Waals surface area (Å²) in [6, 6.07) is 0. The van der Waals surface area contributed by atoms with Crippen molar-refractivity contribution in [2.45, 2.75) is 123 Å². The second-order valence-corrected chi connectivity index (χ2v) is 13.2. The van der Waals surface area contributed by atoms with Gasteiger partial charge in [-0.3, -0.25) is 14.4 Å². The number of hydrogen-bond acceptors (Lipinski definition) is 10. The zero-order valence-corrected chi connectivity index (χ0v) is 24.7. The van der Waals surface area contributed by atoms with Gasteiger partial charge >= 0.3 is 5.97 Å². The molecular formula is C30H44O10. The first-order valence-corrected chi connectivity index (χ1v) is 14.3. The maximum Gasteiger partial charge on any atom is 0.302 e. The van der Waals surface area contributed by atoms with E-state index in [9.17, 15) is 34.8 Å². The number of Topliss-reactive ketones (excluding diaryl/α,β-unsaturated/α-hetero) is 2. The summed E-state index contributed by atoms with van der Waals surface area (Å²) < 4.78 is 18.1. The lowest BCUT2D eigenvalue weighted by Crippen LogP contribution is -2.70. The van der Waals surface area contributed by atoms with Crippen molar-refractivity contribution < 1.29 is 49.0 Å². The zero-order valence-electron chi connectivity index (χ0n) is 24.7. The number of allylic oxidation sites excluding steroid dienone is 2. The van der Waals surface area contributed by atoms with Gasteiger partial charge < -0.3 is 34.6 Å². The molecule has 4 N–H and O–H groups in total. The lowest BCUT2D eigenvalue weighted by molar-refractivity contribution is -0.291. The van der Waals surface area contributed by atoms with Gasteiger partial charge in [-0.15, -0.1) is 0 Å². The molecule has 1 saturated heterocycles. The van der Waals surface area contributed by atoms with Crippen LogP contribution >= 0.6 is 0 Å². The Morgan fingerprint density at radius 3 is 2.35 bits per heavy atom. The van der Waals surface area contributed by atoms with E-state index in [1.54, 1.807) is 34.6 Å². The SMILES string of the molecule is CCC(C)C(OC(C)=O)C(C)C1=C(O)C(=O)C2=C(OC3(C)CCC4OC(C(C)(C)O)CC(O)C4(C)C3C2O)C1=O. The van der Waals surface area contributed by atoms with Crippen LogP contribution in [0.25, 0.3) is 0 Å². The van der Waals surface area contributed by atoms with E-state index in [2.05, 4.69) is 0 Å². The van der Waals surface area contributed by atoms with Crippen LogP contribution in [0.3, 0.4) is 0 Å². The Bertz CT molecular complexity index is 1150. The first kappa shape index (κ1) is 30.7. The molecule has 2 fully saturated rings. The average molecular weight is 565 g/mol. The van der Waals surface area contributed by atoms with Crippen LogP contribution in [0.15, 0.2) is 22.7 Å². The van der Waals surface area contributed by atoms with Crippen LogP contribution in [0.1, 0.15) is 81.1 Å². The van der Waals surface area contributed by atoms with Crippen molar-refractivity contribution in [3.8, 4) is 0 Å². The second kappa shape index (κ2) is 10.2. The summed E-state index contributed by atoms with van der Waals surface area (Å²) in [5.41, 5.74) is -3.97. The van der Waals surface area contributed by atoms with Gasteiger partial charge in [0.15, 0.2) is 11.5 Å². The highest BCUT2D eigenvalue weighted by molar-refractivity contribution is 6.24. The fourth-order valence-corrected chi connectivity index (χ4v) is 7.53. The molecule has 4 aliphatic rings. The highest BCUT2D eigenvalue weighted by Gasteiger charge is 2.67. The molecule has 0 radical (unpaired) electrons. The Morgan fingerprint density at radius 2 is 1.80 bits per heavy atom. The molecule has 0 bridgehead atoms. The Balaban J connectivity index is 1.74. The Hall–Kier alpha value is -2.27.